The normalized spacial score (nSPS) is 21.4. The smallest absolute Gasteiger partial charge is 0.162 e. The third-order valence-corrected chi connectivity index (χ3v) is 5.03. The Bertz CT molecular complexity index is 478. The van der Waals surface area contributed by atoms with Gasteiger partial charge in [-0.15, -0.1) is 0 Å². The zero-order valence-electron chi connectivity index (χ0n) is 13.0. The van der Waals surface area contributed by atoms with Gasteiger partial charge in [-0.25, -0.2) is 15.8 Å². The number of hydrogen-bond acceptors (Lipinski definition) is 5. The molecule has 5 heteroatoms. The van der Waals surface area contributed by atoms with E-state index in [2.05, 4.69) is 5.43 Å². The van der Waals surface area contributed by atoms with Crippen molar-refractivity contribution >= 4 is 5.82 Å². The van der Waals surface area contributed by atoms with Crippen molar-refractivity contribution in [3.8, 4) is 0 Å². The highest BCUT2D eigenvalue weighted by Gasteiger charge is 2.37. The molecule has 0 unspecified atom stereocenters. The maximum atomic E-state index is 5.94. The molecule has 3 rings (SSSR count). The first-order valence-corrected chi connectivity index (χ1v) is 8.21. The molecule has 0 spiro atoms. The highest BCUT2D eigenvalue weighted by Crippen LogP contribution is 2.39. The van der Waals surface area contributed by atoms with Gasteiger partial charge in [0, 0.05) is 18.4 Å². The lowest BCUT2D eigenvalue weighted by Gasteiger charge is -2.31. The van der Waals surface area contributed by atoms with E-state index < -0.39 is 0 Å². The fraction of sp³-hybridized carbons (Fsp3) is 0.750. The van der Waals surface area contributed by atoms with E-state index in [9.17, 15) is 0 Å². The number of aromatic nitrogens is 2. The van der Waals surface area contributed by atoms with Crippen LogP contribution in [-0.4, -0.2) is 17.1 Å². The number of ether oxygens (including phenoxy) is 1. The van der Waals surface area contributed by atoms with Crippen LogP contribution in [0.25, 0.3) is 0 Å². The molecule has 0 saturated heterocycles. The molecule has 116 valence electrons. The van der Waals surface area contributed by atoms with Gasteiger partial charge >= 0.3 is 0 Å². The fourth-order valence-electron chi connectivity index (χ4n) is 3.74. The van der Waals surface area contributed by atoms with Crippen LogP contribution in [0.2, 0.25) is 0 Å². The summed E-state index contributed by atoms with van der Waals surface area (Å²) < 4.78 is 5.94. The van der Waals surface area contributed by atoms with Gasteiger partial charge in [-0.2, -0.15) is 0 Å². The Morgan fingerprint density at radius 3 is 2.38 bits per heavy atom. The van der Waals surface area contributed by atoms with Gasteiger partial charge in [0.05, 0.1) is 0 Å². The standard InChI is InChI=1S/C16H26N4O/c1-21-16(10-6-2-3-7-11-16)15-18-13-9-5-4-8-12(13)14(19-15)20-17/h2-11,17H2,1H3,(H,18,19,20). The van der Waals surface area contributed by atoms with E-state index in [-0.39, 0.29) is 5.60 Å². The zero-order chi connectivity index (χ0) is 14.7. The largest absolute Gasteiger partial charge is 0.370 e. The van der Waals surface area contributed by atoms with Crippen LogP contribution in [0.5, 0.6) is 0 Å². The molecule has 0 aliphatic heterocycles. The summed E-state index contributed by atoms with van der Waals surface area (Å²) in [5.74, 6) is 7.34. The molecule has 0 amide bonds. The van der Waals surface area contributed by atoms with Gasteiger partial charge < -0.3 is 10.2 Å². The van der Waals surface area contributed by atoms with Gasteiger partial charge in [-0.3, -0.25) is 0 Å². The Balaban J connectivity index is 2.03. The molecule has 0 atom stereocenters. The van der Waals surface area contributed by atoms with Crippen molar-refractivity contribution in [2.45, 2.75) is 69.8 Å². The molecule has 5 nitrogen and oxygen atoms in total. The van der Waals surface area contributed by atoms with Crippen LogP contribution < -0.4 is 11.3 Å². The number of nitrogen functional groups attached to an aromatic ring is 1. The number of hydrogen-bond donors (Lipinski definition) is 2. The van der Waals surface area contributed by atoms with Crippen LogP contribution in [0.1, 0.15) is 68.4 Å². The number of aryl methyl sites for hydroxylation is 1. The summed E-state index contributed by atoms with van der Waals surface area (Å²) in [4.78, 5) is 9.64. The van der Waals surface area contributed by atoms with Crippen LogP contribution in [0.3, 0.4) is 0 Å². The molecule has 2 aliphatic carbocycles. The summed E-state index contributed by atoms with van der Waals surface area (Å²) in [6, 6.07) is 0. The molecule has 1 aromatic heterocycles. The molecule has 1 fully saturated rings. The van der Waals surface area contributed by atoms with Crippen LogP contribution in [-0.2, 0) is 23.2 Å². The Kier molecular flexibility index (Phi) is 4.40. The van der Waals surface area contributed by atoms with Crippen molar-refractivity contribution in [3.63, 3.8) is 0 Å². The van der Waals surface area contributed by atoms with Crippen molar-refractivity contribution in [2.75, 3.05) is 12.5 Å². The number of nitrogens with two attached hydrogens (primary N) is 1. The minimum atomic E-state index is -0.325. The van der Waals surface area contributed by atoms with Crippen LogP contribution in [0.4, 0.5) is 5.82 Å². The molecule has 3 N–H and O–H groups in total. The molecular formula is C16H26N4O. The Morgan fingerprint density at radius 2 is 1.71 bits per heavy atom. The summed E-state index contributed by atoms with van der Waals surface area (Å²) in [5, 5.41) is 0. The lowest BCUT2D eigenvalue weighted by atomic mass is 9.91. The summed E-state index contributed by atoms with van der Waals surface area (Å²) in [5.41, 5.74) is 4.83. The molecule has 2 aliphatic rings. The van der Waals surface area contributed by atoms with Crippen LogP contribution >= 0.6 is 0 Å². The summed E-state index contributed by atoms with van der Waals surface area (Å²) in [7, 11) is 1.80. The van der Waals surface area contributed by atoms with Gasteiger partial charge in [-0.05, 0) is 38.5 Å². The predicted molar refractivity (Wildman–Crippen MR) is 82.9 cm³/mol. The highest BCUT2D eigenvalue weighted by atomic mass is 16.5. The molecule has 0 bridgehead atoms. The third-order valence-electron chi connectivity index (χ3n) is 5.03. The molecule has 0 radical (unpaired) electrons. The zero-order valence-corrected chi connectivity index (χ0v) is 13.0. The summed E-state index contributed by atoms with van der Waals surface area (Å²) in [6.07, 6.45) is 11.4. The SMILES string of the molecule is COC1(c2nc3c(c(NN)n2)CCCC3)CCCCCC1. The second-order valence-corrected chi connectivity index (χ2v) is 6.29. The van der Waals surface area contributed by atoms with E-state index in [1.165, 1.54) is 49.8 Å². The van der Waals surface area contributed by atoms with Gasteiger partial charge in [0.15, 0.2) is 5.82 Å². The van der Waals surface area contributed by atoms with Crippen molar-refractivity contribution in [1.29, 1.82) is 0 Å². The average Bonchev–Trinajstić information content (AvgIpc) is 2.80. The number of nitrogens with zero attached hydrogens (tertiary/aromatic N) is 2. The van der Waals surface area contributed by atoms with Crippen molar-refractivity contribution in [2.24, 2.45) is 5.84 Å². The van der Waals surface area contributed by atoms with E-state index in [0.717, 1.165) is 37.3 Å². The molecule has 1 aromatic rings. The topological polar surface area (TPSA) is 73.1 Å². The first-order chi connectivity index (χ1) is 10.3. The molecule has 0 aromatic carbocycles. The second kappa shape index (κ2) is 6.28. The third kappa shape index (κ3) is 2.77. The van der Waals surface area contributed by atoms with E-state index in [1.54, 1.807) is 7.11 Å². The molecule has 1 saturated carbocycles. The first kappa shape index (κ1) is 14.7. The maximum Gasteiger partial charge on any atom is 0.162 e. The van der Waals surface area contributed by atoms with Gasteiger partial charge in [0.2, 0.25) is 0 Å². The first-order valence-electron chi connectivity index (χ1n) is 8.21. The van der Waals surface area contributed by atoms with Gasteiger partial charge in [0.1, 0.15) is 11.4 Å². The van der Waals surface area contributed by atoms with Crippen LogP contribution in [0.15, 0.2) is 0 Å². The summed E-state index contributed by atoms with van der Waals surface area (Å²) in [6.45, 7) is 0. The Labute approximate surface area is 126 Å². The van der Waals surface area contributed by atoms with E-state index in [1.807, 2.05) is 0 Å². The predicted octanol–water partition coefficient (Wildman–Crippen LogP) is 2.84. The minimum Gasteiger partial charge on any atom is -0.370 e. The number of rotatable bonds is 3. The minimum absolute atomic E-state index is 0.325. The van der Waals surface area contributed by atoms with E-state index in [0.29, 0.717) is 0 Å². The quantitative estimate of drug-likeness (QED) is 0.509. The van der Waals surface area contributed by atoms with Crippen LogP contribution in [0, 0.1) is 0 Å². The van der Waals surface area contributed by atoms with E-state index >= 15 is 0 Å². The fourth-order valence-corrected chi connectivity index (χ4v) is 3.74. The monoisotopic (exact) mass is 290 g/mol. The average molecular weight is 290 g/mol. The number of nitrogens with one attached hydrogen (secondary N) is 1. The lowest BCUT2D eigenvalue weighted by Crippen LogP contribution is -2.32. The number of hydrazine groups is 1. The number of methoxy groups -OCH3 is 1. The summed E-state index contributed by atoms with van der Waals surface area (Å²) >= 11 is 0. The Hall–Kier alpha value is -1.20. The molecule has 21 heavy (non-hydrogen) atoms. The van der Waals surface area contributed by atoms with Gasteiger partial charge in [0.25, 0.3) is 0 Å². The Morgan fingerprint density at radius 1 is 1.00 bits per heavy atom. The van der Waals surface area contributed by atoms with E-state index in [4.69, 9.17) is 20.5 Å². The highest BCUT2D eigenvalue weighted by molar-refractivity contribution is 5.47. The number of fused-ring (bicyclic) bond motifs is 1. The van der Waals surface area contributed by atoms with Crippen molar-refractivity contribution in [3.05, 3.63) is 17.1 Å². The maximum absolute atomic E-state index is 5.94. The van der Waals surface area contributed by atoms with Crippen molar-refractivity contribution < 1.29 is 4.74 Å². The second-order valence-electron chi connectivity index (χ2n) is 6.29. The molecular weight excluding hydrogens is 264 g/mol. The number of anilines is 1. The lowest BCUT2D eigenvalue weighted by molar-refractivity contribution is -0.0352. The van der Waals surface area contributed by atoms with Crippen molar-refractivity contribution in [1.82, 2.24) is 9.97 Å². The van der Waals surface area contributed by atoms with Gasteiger partial charge in [-0.1, -0.05) is 25.7 Å². The molecule has 1 heterocycles.